The normalized spacial score (nSPS) is 20.5. The largest absolute Gasteiger partial charge is 0.379 e. The molecule has 1 aliphatic carbocycles. The summed E-state index contributed by atoms with van der Waals surface area (Å²) in [4.78, 5) is 9.77. The number of morpholine rings is 1. The number of fused-ring (bicyclic) bond motifs is 1. The lowest BCUT2D eigenvalue weighted by molar-refractivity contribution is 0.0422. The molecule has 0 unspecified atom stereocenters. The van der Waals surface area contributed by atoms with Crippen molar-refractivity contribution in [2.45, 2.75) is 13.0 Å². The first-order chi connectivity index (χ1) is 14.3. The first-order valence-electron chi connectivity index (χ1n) is 10.8. The van der Waals surface area contributed by atoms with Gasteiger partial charge < -0.3 is 10.1 Å². The highest BCUT2D eigenvalue weighted by Gasteiger charge is 2.20. The van der Waals surface area contributed by atoms with Crippen molar-refractivity contribution in [2.24, 2.45) is 0 Å². The van der Waals surface area contributed by atoms with Crippen LogP contribution in [0.4, 0.5) is 0 Å². The van der Waals surface area contributed by atoms with Gasteiger partial charge in [0.15, 0.2) is 0 Å². The van der Waals surface area contributed by atoms with Crippen molar-refractivity contribution in [2.75, 3.05) is 59.0 Å². The van der Waals surface area contributed by atoms with E-state index in [4.69, 9.17) is 9.72 Å². The minimum Gasteiger partial charge on any atom is -0.379 e. The van der Waals surface area contributed by atoms with Crippen molar-refractivity contribution in [1.29, 1.82) is 0 Å². The Morgan fingerprint density at radius 1 is 0.897 bits per heavy atom. The fraction of sp³-hybridized carbons (Fsp3) is 0.458. The number of rotatable bonds is 5. The van der Waals surface area contributed by atoms with E-state index in [9.17, 15) is 0 Å². The summed E-state index contributed by atoms with van der Waals surface area (Å²) in [6.45, 7) is 10.3. The van der Waals surface area contributed by atoms with E-state index in [1.54, 1.807) is 0 Å². The van der Waals surface area contributed by atoms with Crippen molar-refractivity contribution in [1.82, 2.24) is 20.1 Å². The van der Waals surface area contributed by atoms with Gasteiger partial charge in [-0.3, -0.25) is 14.8 Å². The van der Waals surface area contributed by atoms with Crippen molar-refractivity contribution < 1.29 is 4.74 Å². The Kier molecular flexibility index (Phi) is 5.72. The highest BCUT2D eigenvalue weighted by Crippen LogP contribution is 2.33. The quantitative estimate of drug-likeness (QED) is 0.849. The fourth-order valence-electron chi connectivity index (χ4n) is 4.60. The second kappa shape index (κ2) is 8.76. The molecule has 5 rings (SSSR count). The highest BCUT2D eigenvalue weighted by atomic mass is 16.5. The van der Waals surface area contributed by atoms with Gasteiger partial charge in [0.25, 0.3) is 0 Å². The molecule has 0 spiro atoms. The molecule has 2 fully saturated rings. The van der Waals surface area contributed by atoms with Crippen molar-refractivity contribution in [3.05, 3.63) is 58.8 Å². The van der Waals surface area contributed by atoms with Gasteiger partial charge in [0, 0.05) is 69.7 Å². The topological polar surface area (TPSA) is 40.6 Å². The van der Waals surface area contributed by atoms with Gasteiger partial charge in [0.1, 0.15) is 0 Å². The van der Waals surface area contributed by atoms with Gasteiger partial charge in [-0.15, -0.1) is 0 Å². The fourth-order valence-corrected chi connectivity index (χ4v) is 4.60. The third kappa shape index (κ3) is 4.43. The van der Waals surface area contributed by atoms with Gasteiger partial charge in [-0.05, 0) is 23.6 Å². The second-order valence-corrected chi connectivity index (χ2v) is 8.32. The van der Waals surface area contributed by atoms with Gasteiger partial charge in [-0.25, -0.2) is 0 Å². The maximum Gasteiger partial charge on any atom is 0.0777 e. The maximum atomic E-state index is 5.48. The van der Waals surface area contributed by atoms with Crippen LogP contribution in [0.25, 0.3) is 17.3 Å². The third-order valence-corrected chi connectivity index (χ3v) is 6.22. The molecule has 0 bridgehead atoms. The summed E-state index contributed by atoms with van der Waals surface area (Å²) in [5.41, 5.74) is 7.93. The number of aromatic nitrogens is 1. The van der Waals surface area contributed by atoms with Crippen LogP contribution in [-0.4, -0.2) is 73.8 Å². The van der Waals surface area contributed by atoms with E-state index in [-0.39, 0.29) is 0 Å². The Morgan fingerprint density at radius 2 is 1.66 bits per heavy atom. The zero-order chi connectivity index (χ0) is 19.5. The Morgan fingerprint density at radius 3 is 2.45 bits per heavy atom. The molecule has 0 atom stereocenters. The summed E-state index contributed by atoms with van der Waals surface area (Å²) < 4.78 is 5.48. The Bertz CT molecular complexity index is 865. The van der Waals surface area contributed by atoms with Crippen molar-refractivity contribution in [3.63, 3.8) is 0 Å². The van der Waals surface area contributed by atoms with Crippen LogP contribution >= 0.6 is 0 Å². The zero-order valence-corrected chi connectivity index (χ0v) is 17.1. The molecule has 152 valence electrons. The molecule has 2 saturated heterocycles. The first-order valence-corrected chi connectivity index (χ1v) is 10.8. The molecule has 3 heterocycles. The molecule has 1 N–H and O–H groups in total. The highest BCUT2D eigenvalue weighted by molar-refractivity contribution is 5.78. The van der Waals surface area contributed by atoms with Crippen LogP contribution in [0, 0.1) is 0 Å². The Labute approximate surface area is 173 Å². The average Bonchev–Trinajstić information content (AvgIpc) is 3.18. The van der Waals surface area contributed by atoms with Crippen LogP contribution in [0.5, 0.6) is 0 Å². The molecule has 5 nitrogen and oxygen atoms in total. The molecule has 5 heteroatoms. The number of pyridine rings is 1. The lowest BCUT2D eigenvalue weighted by Gasteiger charge is -2.27. The number of hydrogen-bond donors (Lipinski definition) is 1. The summed E-state index contributed by atoms with van der Waals surface area (Å²) in [6.07, 6.45) is 5.39. The van der Waals surface area contributed by atoms with Crippen LogP contribution < -0.4 is 5.32 Å². The minimum atomic E-state index is 0.854. The number of benzene rings is 1. The van der Waals surface area contributed by atoms with Crippen molar-refractivity contribution in [3.8, 4) is 11.3 Å². The predicted molar refractivity (Wildman–Crippen MR) is 117 cm³/mol. The molecular formula is C24H30N4O. The van der Waals surface area contributed by atoms with E-state index < -0.39 is 0 Å². The van der Waals surface area contributed by atoms with E-state index in [0.717, 1.165) is 77.7 Å². The van der Waals surface area contributed by atoms with E-state index in [1.807, 2.05) is 6.20 Å². The Balaban J connectivity index is 1.31. The molecule has 0 amide bonds. The summed E-state index contributed by atoms with van der Waals surface area (Å²) >= 11 is 0. The zero-order valence-electron chi connectivity index (χ0n) is 17.1. The van der Waals surface area contributed by atoms with E-state index in [0.29, 0.717) is 0 Å². The lowest BCUT2D eigenvalue weighted by atomic mass is 10.0. The lowest BCUT2D eigenvalue weighted by Crippen LogP contribution is -2.42. The van der Waals surface area contributed by atoms with Crippen LogP contribution in [0.1, 0.15) is 16.7 Å². The number of piperazine rings is 1. The molecule has 3 aliphatic rings. The smallest absolute Gasteiger partial charge is 0.0777 e. The number of nitrogens with zero attached hydrogens (tertiary/aromatic N) is 3. The van der Waals surface area contributed by atoms with Gasteiger partial charge in [0.05, 0.1) is 18.9 Å². The molecule has 1 aromatic carbocycles. The van der Waals surface area contributed by atoms with Gasteiger partial charge in [0.2, 0.25) is 0 Å². The molecule has 2 aliphatic heterocycles. The molecule has 0 radical (unpaired) electrons. The summed E-state index contributed by atoms with van der Waals surface area (Å²) in [5, 5.41) is 3.42. The number of nitrogens with one attached hydrogen (secondary N) is 1. The molecule has 2 aromatic rings. The number of ether oxygens (including phenoxy) is 1. The minimum absolute atomic E-state index is 0.854. The third-order valence-electron chi connectivity index (χ3n) is 6.22. The van der Waals surface area contributed by atoms with Gasteiger partial charge >= 0.3 is 0 Å². The van der Waals surface area contributed by atoms with Crippen LogP contribution in [-0.2, 0) is 17.7 Å². The van der Waals surface area contributed by atoms with Gasteiger partial charge in [-0.1, -0.05) is 35.9 Å². The monoisotopic (exact) mass is 390 g/mol. The van der Waals surface area contributed by atoms with Crippen LogP contribution in [0.3, 0.4) is 0 Å². The maximum absolute atomic E-state index is 5.48. The van der Waals surface area contributed by atoms with Gasteiger partial charge in [-0.2, -0.15) is 0 Å². The SMILES string of the molecule is C1=C(CN2CCOCC2)Cc2ccnc(-c3ccc(CN4CCNCC4)cc3)c21. The summed E-state index contributed by atoms with van der Waals surface area (Å²) in [5.74, 6) is 0. The summed E-state index contributed by atoms with van der Waals surface area (Å²) in [7, 11) is 0. The first kappa shape index (κ1) is 18.9. The van der Waals surface area contributed by atoms with E-state index >= 15 is 0 Å². The van der Waals surface area contributed by atoms with Crippen LogP contribution in [0.2, 0.25) is 0 Å². The molecule has 0 saturated carbocycles. The number of hydrogen-bond acceptors (Lipinski definition) is 5. The van der Waals surface area contributed by atoms with Crippen LogP contribution in [0.15, 0.2) is 42.1 Å². The molecule has 29 heavy (non-hydrogen) atoms. The summed E-state index contributed by atoms with van der Waals surface area (Å²) in [6, 6.07) is 11.2. The Hall–Kier alpha value is -2.05. The van der Waals surface area contributed by atoms with E-state index in [2.05, 4.69) is 51.5 Å². The predicted octanol–water partition coefficient (Wildman–Crippen LogP) is 2.43. The second-order valence-electron chi connectivity index (χ2n) is 8.32. The standard InChI is InChI=1S/C24H30N4O/c1-3-21(4-2-19(1)17-27-9-7-25-8-10-27)24-23-16-20(15-22(23)5-6-26-24)18-28-11-13-29-14-12-28/h1-6,16,25H,7-15,17-18H2. The van der Waals surface area contributed by atoms with E-state index in [1.165, 1.54) is 27.8 Å². The van der Waals surface area contributed by atoms with Crippen molar-refractivity contribution >= 4 is 6.08 Å². The molecular weight excluding hydrogens is 360 g/mol. The molecule has 1 aromatic heterocycles. The average molecular weight is 391 g/mol.